The van der Waals surface area contributed by atoms with Gasteiger partial charge in [-0.25, -0.2) is 13.4 Å². The summed E-state index contributed by atoms with van der Waals surface area (Å²) < 4.78 is 25.0. The minimum atomic E-state index is -3.67. The van der Waals surface area contributed by atoms with Gasteiger partial charge < -0.3 is 10.7 Å². The van der Waals surface area contributed by atoms with Crippen molar-refractivity contribution in [1.82, 2.24) is 14.3 Å². The molecule has 0 aliphatic carbocycles. The van der Waals surface area contributed by atoms with E-state index in [4.69, 9.17) is 11.1 Å². The van der Waals surface area contributed by atoms with Crippen molar-refractivity contribution < 1.29 is 8.42 Å². The van der Waals surface area contributed by atoms with Gasteiger partial charge in [0, 0.05) is 7.05 Å². The number of nitrogens with zero attached hydrogens (tertiary/aromatic N) is 2. The molecule has 1 heterocycles. The van der Waals surface area contributed by atoms with Crippen LogP contribution in [0.5, 0.6) is 0 Å². The summed E-state index contributed by atoms with van der Waals surface area (Å²) in [5.41, 5.74) is 5.27. The number of aryl methyl sites for hydroxylation is 1. The van der Waals surface area contributed by atoms with Crippen LogP contribution in [0.1, 0.15) is 12.7 Å². The number of H-pyrrole nitrogens is 1. The topological polar surface area (TPSA) is 116 Å². The van der Waals surface area contributed by atoms with Crippen molar-refractivity contribution in [2.24, 2.45) is 5.73 Å². The number of rotatable bonds is 4. The summed E-state index contributed by atoms with van der Waals surface area (Å²) in [6.07, 6.45) is 1.24. The molecule has 0 spiro atoms. The molecule has 0 aliphatic heterocycles. The van der Waals surface area contributed by atoms with Gasteiger partial charge >= 0.3 is 0 Å². The second-order valence-electron chi connectivity index (χ2n) is 3.49. The number of sulfonamides is 1. The molecule has 0 radical (unpaired) electrons. The van der Waals surface area contributed by atoms with Gasteiger partial charge in [0.05, 0.1) is 12.2 Å². The molecule has 16 heavy (non-hydrogen) atoms. The van der Waals surface area contributed by atoms with Gasteiger partial charge in [0.1, 0.15) is 11.7 Å². The van der Waals surface area contributed by atoms with Crippen LogP contribution in [0.25, 0.3) is 0 Å². The average molecular weight is 245 g/mol. The van der Waals surface area contributed by atoms with Crippen LogP contribution in [0.4, 0.5) is 0 Å². The first-order chi connectivity index (χ1) is 7.26. The quantitative estimate of drug-likeness (QED) is 0.497. The first kappa shape index (κ1) is 12.7. The van der Waals surface area contributed by atoms with E-state index < -0.39 is 16.1 Å². The van der Waals surface area contributed by atoms with E-state index in [0.29, 0.717) is 5.82 Å². The molecule has 90 valence electrons. The summed E-state index contributed by atoms with van der Waals surface area (Å²) in [5.74, 6) is 0.310. The van der Waals surface area contributed by atoms with Crippen molar-refractivity contribution in [3.05, 3.63) is 12.0 Å². The average Bonchev–Trinajstić information content (AvgIpc) is 2.62. The Hall–Kier alpha value is -1.41. The number of likely N-dealkylation sites (N-methyl/N-ethyl adjacent to an activating group) is 1. The van der Waals surface area contributed by atoms with Crippen molar-refractivity contribution in [3.8, 4) is 0 Å². The normalized spacial score (nSPS) is 14.0. The molecule has 7 nitrogen and oxygen atoms in total. The molecule has 8 heteroatoms. The van der Waals surface area contributed by atoms with Crippen LogP contribution in [0.15, 0.2) is 11.2 Å². The summed E-state index contributed by atoms with van der Waals surface area (Å²) in [4.78, 5) is 6.46. The van der Waals surface area contributed by atoms with E-state index in [1.54, 1.807) is 13.8 Å². The van der Waals surface area contributed by atoms with Gasteiger partial charge in [-0.2, -0.15) is 4.31 Å². The maximum atomic E-state index is 12.0. The van der Waals surface area contributed by atoms with Crippen LogP contribution < -0.4 is 5.73 Å². The number of imidazole rings is 1. The zero-order valence-electron chi connectivity index (χ0n) is 9.35. The molecule has 0 bridgehead atoms. The van der Waals surface area contributed by atoms with Crippen LogP contribution in [0, 0.1) is 12.3 Å². The Morgan fingerprint density at radius 2 is 2.25 bits per heavy atom. The van der Waals surface area contributed by atoms with Crippen LogP contribution in [0.2, 0.25) is 0 Å². The number of nitrogens with one attached hydrogen (secondary N) is 2. The minimum absolute atomic E-state index is 0.000556. The predicted octanol–water partition coefficient (Wildman–Crippen LogP) is -0.337. The maximum absolute atomic E-state index is 12.0. The minimum Gasteiger partial charge on any atom is -0.386 e. The molecule has 0 saturated heterocycles. The van der Waals surface area contributed by atoms with Gasteiger partial charge in [-0.3, -0.25) is 5.41 Å². The molecule has 4 N–H and O–H groups in total. The smallest absolute Gasteiger partial charge is 0.260 e. The molecular formula is C8H15N5O2S. The summed E-state index contributed by atoms with van der Waals surface area (Å²) in [6.45, 7) is 3.20. The third-order valence-electron chi connectivity index (χ3n) is 2.33. The highest BCUT2D eigenvalue weighted by Crippen LogP contribution is 2.13. The van der Waals surface area contributed by atoms with E-state index in [9.17, 15) is 8.42 Å². The monoisotopic (exact) mass is 245 g/mol. The van der Waals surface area contributed by atoms with Crippen molar-refractivity contribution in [2.75, 3.05) is 7.05 Å². The molecule has 0 saturated carbocycles. The summed E-state index contributed by atoms with van der Waals surface area (Å²) >= 11 is 0. The highest BCUT2D eigenvalue weighted by molar-refractivity contribution is 7.89. The molecule has 1 aromatic heterocycles. The molecule has 0 fully saturated rings. The Morgan fingerprint density at radius 1 is 1.69 bits per heavy atom. The van der Waals surface area contributed by atoms with E-state index >= 15 is 0 Å². The van der Waals surface area contributed by atoms with Gasteiger partial charge in [0.15, 0.2) is 5.03 Å². The van der Waals surface area contributed by atoms with Crippen molar-refractivity contribution in [2.45, 2.75) is 24.9 Å². The standard InChI is InChI=1S/C8H15N5O2S/c1-5(8(9)10)13(3)16(14,15)7-4-11-6(2)12-7/h4-5H,1-3H3,(H3,9,10)(H,11,12). The SMILES string of the molecule is Cc1ncc(S(=O)(=O)N(C)C(C)C(=N)N)[nH]1. The lowest BCUT2D eigenvalue weighted by molar-refractivity contribution is 0.446. The fourth-order valence-electron chi connectivity index (χ4n) is 1.09. The Morgan fingerprint density at radius 3 is 2.62 bits per heavy atom. The number of hydrogen-bond donors (Lipinski definition) is 3. The number of hydrogen-bond acceptors (Lipinski definition) is 4. The molecule has 1 rings (SSSR count). The Balaban J connectivity index is 3.08. The molecule has 1 atom stereocenters. The lowest BCUT2D eigenvalue weighted by Gasteiger charge is -2.22. The van der Waals surface area contributed by atoms with Gasteiger partial charge in [-0.1, -0.05) is 0 Å². The Kier molecular flexibility index (Phi) is 3.34. The lowest BCUT2D eigenvalue weighted by Crippen LogP contribution is -2.43. The highest BCUT2D eigenvalue weighted by Gasteiger charge is 2.28. The maximum Gasteiger partial charge on any atom is 0.260 e. The van der Waals surface area contributed by atoms with Gasteiger partial charge in [0.25, 0.3) is 10.0 Å². The molecule has 0 aromatic carbocycles. The molecule has 1 unspecified atom stereocenters. The summed E-state index contributed by atoms with van der Waals surface area (Å²) in [5, 5.41) is 7.22. The van der Waals surface area contributed by atoms with E-state index in [1.807, 2.05) is 0 Å². The zero-order valence-corrected chi connectivity index (χ0v) is 10.2. The Bertz CT molecular complexity index is 492. The second-order valence-corrected chi connectivity index (χ2v) is 5.45. The fraction of sp³-hybridized carbons (Fsp3) is 0.500. The van der Waals surface area contributed by atoms with Crippen molar-refractivity contribution >= 4 is 15.9 Å². The van der Waals surface area contributed by atoms with Crippen LogP contribution >= 0.6 is 0 Å². The fourth-order valence-corrected chi connectivity index (χ4v) is 2.39. The largest absolute Gasteiger partial charge is 0.386 e. The predicted molar refractivity (Wildman–Crippen MR) is 59.6 cm³/mol. The van der Waals surface area contributed by atoms with E-state index in [2.05, 4.69) is 9.97 Å². The van der Waals surface area contributed by atoms with Crippen LogP contribution in [-0.4, -0.2) is 41.6 Å². The van der Waals surface area contributed by atoms with Crippen LogP contribution in [0.3, 0.4) is 0 Å². The first-order valence-corrected chi connectivity index (χ1v) is 6.04. The number of amidine groups is 1. The second kappa shape index (κ2) is 4.22. The Labute approximate surface area is 94.2 Å². The van der Waals surface area contributed by atoms with E-state index in [0.717, 1.165) is 4.31 Å². The molecule has 0 aliphatic rings. The van der Waals surface area contributed by atoms with E-state index in [-0.39, 0.29) is 10.9 Å². The number of aromatic amines is 1. The third-order valence-corrected chi connectivity index (χ3v) is 4.17. The summed E-state index contributed by atoms with van der Waals surface area (Å²) in [7, 11) is -2.30. The number of nitrogens with two attached hydrogens (primary N) is 1. The third kappa shape index (κ3) is 2.22. The van der Waals surface area contributed by atoms with E-state index in [1.165, 1.54) is 13.2 Å². The van der Waals surface area contributed by atoms with Crippen LogP contribution in [-0.2, 0) is 10.0 Å². The van der Waals surface area contributed by atoms with Gasteiger partial charge in [0.2, 0.25) is 0 Å². The summed E-state index contributed by atoms with van der Waals surface area (Å²) in [6, 6.07) is -0.686. The van der Waals surface area contributed by atoms with Crippen molar-refractivity contribution in [1.29, 1.82) is 5.41 Å². The molecule has 0 amide bonds. The van der Waals surface area contributed by atoms with Gasteiger partial charge in [-0.15, -0.1) is 0 Å². The zero-order chi connectivity index (χ0) is 12.5. The number of aromatic nitrogens is 2. The molecule has 1 aromatic rings. The highest BCUT2D eigenvalue weighted by atomic mass is 32.2. The van der Waals surface area contributed by atoms with Gasteiger partial charge in [-0.05, 0) is 13.8 Å². The first-order valence-electron chi connectivity index (χ1n) is 4.60. The van der Waals surface area contributed by atoms with Crippen molar-refractivity contribution in [3.63, 3.8) is 0 Å². The molecular weight excluding hydrogens is 230 g/mol. The lowest BCUT2D eigenvalue weighted by atomic mass is 10.3.